The summed E-state index contributed by atoms with van der Waals surface area (Å²) >= 11 is 0. The van der Waals surface area contributed by atoms with E-state index >= 15 is 0 Å². The Morgan fingerprint density at radius 2 is 2.12 bits per heavy atom. The standard InChI is InChI=1S/C23H27N7O3S/c1-15-22(34(32,33)30-10-9-25-18(14-30)7-8-24)11-21(29(15)3)23(31)27-12-17-5-4-6-20-19(17)13-26-16(2)28-20/h4-8,11,13,24-25H,9-10,12,14H2,1-3H3,(H,27,31)/p+1/b18-7-,24-8?. The SMILES string of the molecule is Cc1ncc2c(CNC(=O)c3cc(S(=O)(=O)N4CC[NH2+]/C(=C\C=N)C4)c(C)n3C)cccc2n1. The summed E-state index contributed by atoms with van der Waals surface area (Å²) < 4.78 is 29.7. The van der Waals surface area contributed by atoms with Gasteiger partial charge in [-0.1, -0.05) is 12.1 Å². The van der Waals surface area contributed by atoms with Crippen molar-refractivity contribution < 1.29 is 18.5 Å². The van der Waals surface area contributed by atoms with Crippen LogP contribution in [0.4, 0.5) is 0 Å². The number of carbonyl (C=O) groups is 1. The minimum atomic E-state index is -3.80. The van der Waals surface area contributed by atoms with E-state index in [1.54, 1.807) is 30.8 Å². The van der Waals surface area contributed by atoms with E-state index < -0.39 is 10.0 Å². The molecule has 0 atom stereocenters. The zero-order valence-corrected chi connectivity index (χ0v) is 20.2. The summed E-state index contributed by atoms with van der Waals surface area (Å²) in [5.74, 6) is 0.308. The smallest absolute Gasteiger partial charge is 0.268 e. The molecule has 3 aromatic rings. The van der Waals surface area contributed by atoms with Crippen LogP contribution in [0, 0.1) is 19.3 Å². The summed E-state index contributed by atoms with van der Waals surface area (Å²) in [6.07, 6.45) is 4.49. The van der Waals surface area contributed by atoms with Gasteiger partial charge in [-0.15, -0.1) is 0 Å². The Kier molecular flexibility index (Phi) is 6.60. The second-order valence-electron chi connectivity index (χ2n) is 8.23. The van der Waals surface area contributed by atoms with Crippen LogP contribution in [0.25, 0.3) is 10.9 Å². The Hall–Kier alpha value is -3.41. The van der Waals surface area contributed by atoms with Crippen LogP contribution in [0.15, 0.2) is 47.1 Å². The largest absolute Gasteiger partial charge is 0.347 e. The number of carbonyl (C=O) groups excluding carboxylic acids is 1. The Balaban J connectivity index is 1.57. The molecule has 4 rings (SSSR count). The highest BCUT2D eigenvalue weighted by atomic mass is 32.2. The Morgan fingerprint density at radius 1 is 1.32 bits per heavy atom. The van der Waals surface area contributed by atoms with Crippen molar-refractivity contribution in [2.45, 2.75) is 25.3 Å². The van der Waals surface area contributed by atoms with E-state index in [-0.39, 0.29) is 29.6 Å². The third-order valence-corrected chi connectivity index (χ3v) is 8.02. The molecule has 1 aliphatic heterocycles. The van der Waals surface area contributed by atoms with Crippen LogP contribution in [-0.4, -0.2) is 59.0 Å². The third-order valence-electron chi connectivity index (χ3n) is 6.06. The highest BCUT2D eigenvalue weighted by Crippen LogP contribution is 2.24. The first-order chi connectivity index (χ1) is 16.2. The summed E-state index contributed by atoms with van der Waals surface area (Å²) in [6, 6.07) is 7.12. The molecule has 0 radical (unpaired) electrons. The average Bonchev–Trinajstić information content (AvgIpc) is 3.12. The van der Waals surface area contributed by atoms with E-state index in [0.717, 1.165) is 28.4 Å². The maximum atomic E-state index is 13.4. The number of hydrogen-bond donors (Lipinski definition) is 3. The van der Waals surface area contributed by atoms with Crippen molar-refractivity contribution in [2.24, 2.45) is 7.05 Å². The van der Waals surface area contributed by atoms with Gasteiger partial charge in [-0.2, -0.15) is 4.31 Å². The first-order valence-corrected chi connectivity index (χ1v) is 12.3. The van der Waals surface area contributed by atoms with Crippen molar-refractivity contribution in [3.05, 3.63) is 65.0 Å². The average molecular weight is 483 g/mol. The molecule has 2 aromatic heterocycles. The number of allylic oxidation sites excluding steroid dienone is 1. The summed E-state index contributed by atoms with van der Waals surface area (Å²) in [5, 5.41) is 12.9. The summed E-state index contributed by atoms with van der Waals surface area (Å²) in [4.78, 5) is 21.8. The number of aromatic nitrogens is 3. The van der Waals surface area contributed by atoms with Gasteiger partial charge in [0, 0.05) is 43.2 Å². The fourth-order valence-electron chi connectivity index (χ4n) is 4.09. The molecule has 10 nitrogen and oxygen atoms in total. The molecule has 11 heteroatoms. The van der Waals surface area contributed by atoms with Crippen LogP contribution in [0.1, 0.15) is 27.6 Å². The second kappa shape index (κ2) is 9.45. The number of rotatable bonds is 6. The van der Waals surface area contributed by atoms with E-state index in [2.05, 4.69) is 15.3 Å². The van der Waals surface area contributed by atoms with Crippen molar-refractivity contribution in [2.75, 3.05) is 19.6 Å². The van der Waals surface area contributed by atoms with Crippen LogP contribution in [0.3, 0.4) is 0 Å². The molecule has 0 unspecified atom stereocenters. The number of benzene rings is 1. The third kappa shape index (κ3) is 4.49. The normalized spacial score (nSPS) is 16.1. The minimum Gasteiger partial charge on any atom is -0.347 e. The predicted octanol–water partition coefficient (Wildman–Crippen LogP) is 0.616. The van der Waals surface area contributed by atoms with Gasteiger partial charge in [0.25, 0.3) is 5.91 Å². The lowest BCUT2D eigenvalue weighted by Crippen LogP contribution is -2.87. The molecule has 0 spiro atoms. The van der Waals surface area contributed by atoms with Gasteiger partial charge in [0.2, 0.25) is 10.0 Å². The Morgan fingerprint density at radius 3 is 2.88 bits per heavy atom. The molecule has 4 N–H and O–H groups in total. The lowest BCUT2D eigenvalue weighted by molar-refractivity contribution is -0.614. The fourth-order valence-corrected chi connectivity index (χ4v) is 5.80. The summed E-state index contributed by atoms with van der Waals surface area (Å²) in [6.45, 7) is 4.91. The molecule has 0 bridgehead atoms. The van der Waals surface area contributed by atoms with Gasteiger partial charge in [-0.3, -0.25) is 4.79 Å². The number of nitrogens with one attached hydrogen (secondary N) is 2. The second-order valence-corrected chi connectivity index (χ2v) is 10.1. The number of amides is 1. The highest BCUT2D eigenvalue weighted by molar-refractivity contribution is 7.89. The molecule has 1 aliphatic rings. The van der Waals surface area contributed by atoms with Crippen LogP contribution in [0.5, 0.6) is 0 Å². The number of aryl methyl sites for hydroxylation is 1. The number of hydrogen-bond acceptors (Lipinski definition) is 6. The lowest BCUT2D eigenvalue weighted by atomic mass is 10.1. The zero-order chi connectivity index (χ0) is 24.5. The molecule has 1 amide bonds. The van der Waals surface area contributed by atoms with Gasteiger partial charge in [-0.05, 0) is 31.5 Å². The molecule has 178 valence electrons. The molecule has 1 saturated heterocycles. The van der Waals surface area contributed by atoms with Crippen molar-refractivity contribution in [1.82, 2.24) is 24.2 Å². The number of nitrogens with two attached hydrogens (primary N) is 1. The summed E-state index contributed by atoms with van der Waals surface area (Å²) in [5.41, 5.74) is 3.22. The molecule has 0 aliphatic carbocycles. The topological polar surface area (TPSA) is 138 Å². The predicted molar refractivity (Wildman–Crippen MR) is 128 cm³/mol. The quantitative estimate of drug-likeness (QED) is 0.442. The van der Waals surface area contributed by atoms with Gasteiger partial charge in [0.1, 0.15) is 22.1 Å². The molecular weight excluding hydrogens is 454 g/mol. The lowest BCUT2D eigenvalue weighted by Gasteiger charge is -2.25. The molecule has 1 fully saturated rings. The number of fused-ring (bicyclic) bond motifs is 1. The minimum absolute atomic E-state index is 0.116. The summed E-state index contributed by atoms with van der Waals surface area (Å²) in [7, 11) is -2.12. The van der Waals surface area contributed by atoms with Crippen LogP contribution < -0.4 is 10.6 Å². The van der Waals surface area contributed by atoms with Gasteiger partial charge in [0.15, 0.2) is 0 Å². The first kappa shape index (κ1) is 23.7. The maximum absolute atomic E-state index is 13.4. The van der Waals surface area contributed by atoms with Crippen molar-refractivity contribution >= 4 is 33.0 Å². The van der Waals surface area contributed by atoms with Gasteiger partial charge < -0.3 is 20.6 Å². The van der Waals surface area contributed by atoms with Gasteiger partial charge in [-0.25, -0.2) is 18.4 Å². The van der Waals surface area contributed by atoms with Crippen molar-refractivity contribution in [1.29, 1.82) is 5.41 Å². The van der Waals surface area contributed by atoms with E-state index in [1.807, 2.05) is 30.4 Å². The molecule has 0 saturated carbocycles. The van der Waals surface area contributed by atoms with E-state index in [1.165, 1.54) is 10.4 Å². The molecular formula is C23H28N7O3S+. The Labute approximate surface area is 198 Å². The van der Waals surface area contributed by atoms with Crippen LogP contribution >= 0.6 is 0 Å². The van der Waals surface area contributed by atoms with Gasteiger partial charge >= 0.3 is 0 Å². The molecule has 34 heavy (non-hydrogen) atoms. The monoisotopic (exact) mass is 482 g/mol. The van der Waals surface area contributed by atoms with E-state index in [9.17, 15) is 13.2 Å². The fraction of sp³-hybridized carbons (Fsp3) is 0.304. The maximum Gasteiger partial charge on any atom is 0.268 e. The Bertz CT molecular complexity index is 1410. The van der Waals surface area contributed by atoms with E-state index in [4.69, 9.17) is 5.41 Å². The number of piperazine rings is 1. The molecule has 3 heterocycles. The van der Waals surface area contributed by atoms with Crippen LogP contribution in [-0.2, 0) is 23.6 Å². The van der Waals surface area contributed by atoms with E-state index in [0.29, 0.717) is 24.6 Å². The van der Waals surface area contributed by atoms with Crippen LogP contribution in [0.2, 0.25) is 0 Å². The highest BCUT2D eigenvalue weighted by Gasteiger charge is 2.33. The molecule has 1 aromatic carbocycles. The first-order valence-electron chi connectivity index (χ1n) is 10.9. The number of quaternary nitrogens is 1. The number of sulfonamides is 1. The van der Waals surface area contributed by atoms with Crippen molar-refractivity contribution in [3.8, 4) is 0 Å². The van der Waals surface area contributed by atoms with Gasteiger partial charge in [0.05, 0.1) is 25.2 Å². The zero-order valence-electron chi connectivity index (χ0n) is 19.4. The number of nitrogens with zero attached hydrogens (tertiary/aromatic N) is 4. The van der Waals surface area contributed by atoms with Crippen molar-refractivity contribution in [3.63, 3.8) is 0 Å².